The number of benzene rings is 1. The van der Waals surface area contributed by atoms with Crippen LogP contribution in [0.15, 0.2) is 22.7 Å². The monoisotopic (exact) mass is 299 g/mol. The molecule has 4 heteroatoms. The van der Waals surface area contributed by atoms with Gasteiger partial charge in [-0.3, -0.25) is 0 Å². The molecule has 0 aromatic heterocycles. The lowest BCUT2D eigenvalue weighted by molar-refractivity contribution is 0.0698. The van der Waals surface area contributed by atoms with Gasteiger partial charge < -0.3 is 10.4 Å². The van der Waals surface area contributed by atoms with Crippen molar-refractivity contribution < 1.29 is 9.90 Å². The van der Waals surface area contributed by atoms with Gasteiger partial charge in [0.2, 0.25) is 0 Å². The highest BCUT2D eigenvalue weighted by molar-refractivity contribution is 9.10. The molecular weight excluding hydrogens is 282 g/mol. The fourth-order valence-electron chi connectivity index (χ4n) is 1.56. The zero-order chi connectivity index (χ0) is 13.0. The Hall–Kier alpha value is -1.03. The van der Waals surface area contributed by atoms with Crippen molar-refractivity contribution in [3.63, 3.8) is 0 Å². The summed E-state index contributed by atoms with van der Waals surface area (Å²) < 4.78 is 0.876. The molecule has 2 N–H and O–H groups in total. The molecule has 0 amide bonds. The Kier molecular flexibility index (Phi) is 5.00. The zero-order valence-corrected chi connectivity index (χ0v) is 11.9. The standard InChI is InChI=1S/C13H18BrNO2/c1-4-8(2)9(3)15-12-7-10(14)5-6-11(12)13(16)17/h5-9,15H,4H2,1-3H3,(H,16,17). The van der Waals surface area contributed by atoms with Gasteiger partial charge in [-0.1, -0.05) is 36.2 Å². The molecule has 0 saturated carbocycles. The molecule has 0 spiro atoms. The highest BCUT2D eigenvalue weighted by atomic mass is 79.9. The summed E-state index contributed by atoms with van der Waals surface area (Å²) in [5.74, 6) is -0.410. The minimum atomic E-state index is -0.906. The van der Waals surface area contributed by atoms with Crippen molar-refractivity contribution in [2.45, 2.75) is 33.2 Å². The van der Waals surface area contributed by atoms with Crippen LogP contribution in [0.1, 0.15) is 37.6 Å². The third-order valence-electron chi connectivity index (χ3n) is 3.09. The number of anilines is 1. The summed E-state index contributed by atoms with van der Waals surface area (Å²) in [5, 5.41) is 12.4. The molecule has 0 heterocycles. The minimum Gasteiger partial charge on any atom is -0.478 e. The number of carbonyl (C=O) groups is 1. The van der Waals surface area contributed by atoms with Gasteiger partial charge in [0.25, 0.3) is 0 Å². The predicted molar refractivity (Wildman–Crippen MR) is 73.6 cm³/mol. The largest absolute Gasteiger partial charge is 0.478 e. The molecule has 2 unspecified atom stereocenters. The lowest BCUT2D eigenvalue weighted by atomic mass is 10.00. The van der Waals surface area contributed by atoms with Crippen LogP contribution < -0.4 is 5.32 Å². The summed E-state index contributed by atoms with van der Waals surface area (Å²) in [4.78, 5) is 11.1. The van der Waals surface area contributed by atoms with E-state index in [9.17, 15) is 4.79 Å². The summed E-state index contributed by atoms with van der Waals surface area (Å²) >= 11 is 3.36. The van der Waals surface area contributed by atoms with Crippen LogP contribution in [0.4, 0.5) is 5.69 Å². The Morgan fingerprint density at radius 1 is 1.47 bits per heavy atom. The van der Waals surface area contributed by atoms with E-state index in [0.717, 1.165) is 10.9 Å². The topological polar surface area (TPSA) is 49.3 Å². The van der Waals surface area contributed by atoms with Crippen LogP contribution in [-0.2, 0) is 0 Å². The first-order valence-corrected chi connectivity index (χ1v) is 6.54. The summed E-state index contributed by atoms with van der Waals surface area (Å²) in [6.45, 7) is 6.35. The molecule has 1 aromatic rings. The number of rotatable bonds is 5. The van der Waals surface area contributed by atoms with E-state index in [4.69, 9.17) is 5.11 Å². The molecule has 17 heavy (non-hydrogen) atoms. The fourth-order valence-corrected chi connectivity index (χ4v) is 1.92. The molecule has 0 fully saturated rings. The molecule has 94 valence electrons. The first kappa shape index (κ1) is 14.0. The second-order valence-corrected chi connectivity index (χ2v) is 5.23. The number of carboxylic acid groups (broad SMARTS) is 1. The lowest BCUT2D eigenvalue weighted by Crippen LogP contribution is -2.24. The lowest BCUT2D eigenvalue weighted by Gasteiger charge is -2.22. The van der Waals surface area contributed by atoms with Gasteiger partial charge in [0, 0.05) is 10.5 Å². The van der Waals surface area contributed by atoms with Crippen molar-refractivity contribution in [2.24, 2.45) is 5.92 Å². The van der Waals surface area contributed by atoms with Crippen molar-refractivity contribution >= 4 is 27.6 Å². The van der Waals surface area contributed by atoms with Gasteiger partial charge in [0.05, 0.1) is 11.3 Å². The van der Waals surface area contributed by atoms with E-state index in [1.807, 2.05) is 6.07 Å². The maximum atomic E-state index is 11.1. The van der Waals surface area contributed by atoms with E-state index in [1.165, 1.54) is 0 Å². The first-order valence-electron chi connectivity index (χ1n) is 5.75. The van der Waals surface area contributed by atoms with E-state index in [-0.39, 0.29) is 6.04 Å². The molecule has 0 aliphatic rings. The molecule has 0 aliphatic carbocycles. The van der Waals surface area contributed by atoms with Crippen LogP contribution in [-0.4, -0.2) is 17.1 Å². The van der Waals surface area contributed by atoms with E-state index < -0.39 is 5.97 Å². The van der Waals surface area contributed by atoms with Crippen LogP contribution in [0, 0.1) is 5.92 Å². The molecular formula is C13H18BrNO2. The smallest absolute Gasteiger partial charge is 0.337 e. The molecule has 3 nitrogen and oxygen atoms in total. The number of carboxylic acids is 1. The van der Waals surface area contributed by atoms with E-state index >= 15 is 0 Å². The highest BCUT2D eigenvalue weighted by Gasteiger charge is 2.15. The van der Waals surface area contributed by atoms with Crippen LogP contribution in [0.5, 0.6) is 0 Å². The summed E-state index contributed by atoms with van der Waals surface area (Å²) in [5.41, 5.74) is 0.975. The molecule has 0 aliphatic heterocycles. The predicted octanol–water partition coefficient (Wildman–Crippen LogP) is 3.99. The Bertz CT molecular complexity index is 406. The fraction of sp³-hybridized carbons (Fsp3) is 0.462. The van der Waals surface area contributed by atoms with Crippen LogP contribution in [0.2, 0.25) is 0 Å². The molecule has 0 radical (unpaired) electrons. The summed E-state index contributed by atoms with van der Waals surface area (Å²) in [6.07, 6.45) is 1.06. The number of halogens is 1. The van der Waals surface area contributed by atoms with Gasteiger partial charge in [-0.2, -0.15) is 0 Å². The maximum absolute atomic E-state index is 11.1. The van der Waals surface area contributed by atoms with Crippen molar-refractivity contribution in [1.29, 1.82) is 0 Å². The van der Waals surface area contributed by atoms with Gasteiger partial charge in [-0.05, 0) is 31.0 Å². The Labute approximate surface area is 110 Å². The highest BCUT2D eigenvalue weighted by Crippen LogP contribution is 2.24. The van der Waals surface area contributed by atoms with Crippen LogP contribution in [0.25, 0.3) is 0 Å². The minimum absolute atomic E-state index is 0.243. The third-order valence-corrected chi connectivity index (χ3v) is 3.59. The van der Waals surface area contributed by atoms with E-state index in [0.29, 0.717) is 17.2 Å². The quantitative estimate of drug-likeness (QED) is 0.864. The Morgan fingerprint density at radius 2 is 2.12 bits per heavy atom. The molecule has 1 aromatic carbocycles. The third kappa shape index (κ3) is 3.73. The average molecular weight is 300 g/mol. The van der Waals surface area contributed by atoms with Crippen molar-refractivity contribution in [3.05, 3.63) is 28.2 Å². The van der Waals surface area contributed by atoms with Gasteiger partial charge in [-0.15, -0.1) is 0 Å². The van der Waals surface area contributed by atoms with Crippen molar-refractivity contribution in [2.75, 3.05) is 5.32 Å². The normalized spacial score (nSPS) is 14.1. The molecule has 2 atom stereocenters. The Morgan fingerprint density at radius 3 is 2.65 bits per heavy atom. The second-order valence-electron chi connectivity index (χ2n) is 4.31. The number of hydrogen-bond acceptors (Lipinski definition) is 2. The van der Waals surface area contributed by atoms with Crippen LogP contribution >= 0.6 is 15.9 Å². The zero-order valence-electron chi connectivity index (χ0n) is 10.3. The van der Waals surface area contributed by atoms with Gasteiger partial charge in [0.1, 0.15) is 0 Å². The average Bonchev–Trinajstić information content (AvgIpc) is 2.27. The van der Waals surface area contributed by atoms with Crippen molar-refractivity contribution in [1.82, 2.24) is 0 Å². The van der Waals surface area contributed by atoms with Crippen molar-refractivity contribution in [3.8, 4) is 0 Å². The maximum Gasteiger partial charge on any atom is 0.337 e. The van der Waals surface area contributed by atoms with Gasteiger partial charge in [0.15, 0.2) is 0 Å². The SMILES string of the molecule is CCC(C)C(C)Nc1cc(Br)ccc1C(=O)O. The Balaban J connectivity index is 2.96. The summed E-state index contributed by atoms with van der Waals surface area (Å²) in [7, 11) is 0. The number of aromatic carboxylic acids is 1. The second kappa shape index (κ2) is 6.05. The van der Waals surface area contributed by atoms with E-state index in [1.54, 1.807) is 12.1 Å². The van der Waals surface area contributed by atoms with Gasteiger partial charge in [-0.25, -0.2) is 4.79 Å². The van der Waals surface area contributed by atoms with Gasteiger partial charge >= 0.3 is 5.97 Å². The molecule has 0 bridgehead atoms. The molecule has 1 rings (SSSR count). The number of hydrogen-bond donors (Lipinski definition) is 2. The summed E-state index contributed by atoms with van der Waals surface area (Å²) in [6, 6.07) is 5.40. The number of nitrogens with one attached hydrogen (secondary N) is 1. The van der Waals surface area contributed by atoms with Crippen LogP contribution in [0.3, 0.4) is 0 Å². The first-order chi connectivity index (χ1) is 7.95. The van der Waals surface area contributed by atoms with E-state index in [2.05, 4.69) is 42.0 Å². The molecule has 0 saturated heterocycles.